The van der Waals surface area contributed by atoms with Gasteiger partial charge >= 0.3 is 6.03 Å². The quantitative estimate of drug-likeness (QED) is 0.842. The van der Waals surface area contributed by atoms with Crippen LogP contribution in [0.3, 0.4) is 0 Å². The number of carbonyl (C=O) groups excluding carboxylic acids is 1. The molecule has 2 aliphatic rings. The summed E-state index contributed by atoms with van der Waals surface area (Å²) in [5, 5.41) is 8.87. The Labute approximate surface area is 138 Å². The van der Waals surface area contributed by atoms with E-state index in [1.54, 1.807) is 4.90 Å². The summed E-state index contributed by atoms with van der Waals surface area (Å²) in [4.78, 5) is 18.2. The van der Waals surface area contributed by atoms with Crippen molar-refractivity contribution < 1.29 is 4.79 Å². The lowest BCUT2D eigenvalue weighted by atomic mass is 9.97. The van der Waals surface area contributed by atoms with E-state index in [1.807, 2.05) is 19.0 Å². The van der Waals surface area contributed by atoms with Crippen molar-refractivity contribution in [2.24, 2.45) is 7.05 Å². The standard InChI is InChI=1S/C16H28N6O/c1-19(2)16(23)22-10-6-7-13(11-22)15-18-17-14(20(15)3)12-21-8-4-5-9-21/h13H,4-12H2,1-3H3/t13-/m1/s1. The molecule has 2 aliphatic heterocycles. The molecule has 0 radical (unpaired) electrons. The molecule has 23 heavy (non-hydrogen) atoms. The molecule has 2 saturated heterocycles. The van der Waals surface area contributed by atoms with Gasteiger partial charge in [-0.05, 0) is 38.8 Å². The van der Waals surface area contributed by atoms with E-state index in [0.717, 1.165) is 57.2 Å². The first kappa shape index (κ1) is 16.2. The van der Waals surface area contributed by atoms with Crippen molar-refractivity contribution in [3.05, 3.63) is 11.6 Å². The zero-order chi connectivity index (χ0) is 16.4. The van der Waals surface area contributed by atoms with Crippen molar-refractivity contribution in [2.75, 3.05) is 40.3 Å². The lowest BCUT2D eigenvalue weighted by molar-refractivity contribution is 0.153. The highest BCUT2D eigenvalue weighted by atomic mass is 16.2. The first-order chi connectivity index (χ1) is 11.1. The van der Waals surface area contributed by atoms with E-state index in [-0.39, 0.29) is 11.9 Å². The van der Waals surface area contributed by atoms with E-state index in [4.69, 9.17) is 0 Å². The molecule has 0 unspecified atom stereocenters. The predicted molar refractivity (Wildman–Crippen MR) is 88.1 cm³/mol. The Hall–Kier alpha value is -1.63. The molecule has 1 aromatic rings. The summed E-state index contributed by atoms with van der Waals surface area (Å²) in [7, 11) is 5.68. The summed E-state index contributed by atoms with van der Waals surface area (Å²) >= 11 is 0. The zero-order valence-corrected chi connectivity index (χ0v) is 14.5. The van der Waals surface area contributed by atoms with Gasteiger partial charge in [-0.3, -0.25) is 4.90 Å². The molecule has 0 aliphatic carbocycles. The molecule has 3 heterocycles. The van der Waals surface area contributed by atoms with Crippen molar-refractivity contribution >= 4 is 6.03 Å². The molecule has 0 spiro atoms. The third kappa shape index (κ3) is 3.49. The molecule has 0 aromatic carbocycles. The van der Waals surface area contributed by atoms with Crippen LogP contribution in [-0.4, -0.2) is 75.8 Å². The SMILES string of the molecule is CN(C)C(=O)N1CCC[C@@H](c2nnc(CN3CCCC3)n2C)C1. The Bertz CT molecular complexity index is 549. The number of rotatable bonds is 3. The van der Waals surface area contributed by atoms with Crippen LogP contribution < -0.4 is 0 Å². The van der Waals surface area contributed by atoms with Crippen molar-refractivity contribution in [1.82, 2.24) is 29.5 Å². The summed E-state index contributed by atoms with van der Waals surface area (Å²) in [6.07, 6.45) is 4.68. The van der Waals surface area contributed by atoms with Crippen LogP contribution in [0.2, 0.25) is 0 Å². The average Bonchev–Trinajstić information content (AvgIpc) is 3.18. The van der Waals surface area contributed by atoms with E-state index >= 15 is 0 Å². The van der Waals surface area contributed by atoms with Crippen LogP contribution >= 0.6 is 0 Å². The van der Waals surface area contributed by atoms with Crippen molar-refractivity contribution in [3.63, 3.8) is 0 Å². The number of likely N-dealkylation sites (tertiary alicyclic amines) is 2. The third-order valence-corrected chi connectivity index (χ3v) is 5.00. The van der Waals surface area contributed by atoms with Crippen molar-refractivity contribution in [2.45, 2.75) is 38.1 Å². The Morgan fingerprint density at radius 1 is 1.17 bits per heavy atom. The van der Waals surface area contributed by atoms with Crippen LogP contribution in [0, 0.1) is 0 Å². The van der Waals surface area contributed by atoms with Gasteiger partial charge in [0.05, 0.1) is 6.54 Å². The van der Waals surface area contributed by atoms with Gasteiger partial charge < -0.3 is 14.4 Å². The number of nitrogens with zero attached hydrogens (tertiary/aromatic N) is 6. The molecule has 2 amide bonds. The number of carbonyl (C=O) groups is 1. The van der Waals surface area contributed by atoms with Crippen LogP contribution in [0.25, 0.3) is 0 Å². The second kappa shape index (κ2) is 6.86. The van der Waals surface area contributed by atoms with Crippen LogP contribution in [-0.2, 0) is 13.6 Å². The second-order valence-electron chi connectivity index (χ2n) is 6.98. The number of amides is 2. The third-order valence-electron chi connectivity index (χ3n) is 5.00. The molecule has 1 aromatic heterocycles. The van der Waals surface area contributed by atoms with Gasteiger partial charge in [0.2, 0.25) is 0 Å². The largest absolute Gasteiger partial charge is 0.331 e. The van der Waals surface area contributed by atoms with Gasteiger partial charge in [-0.15, -0.1) is 10.2 Å². The zero-order valence-electron chi connectivity index (χ0n) is 14.5. The maximum Gasteiger partial charge on any atom is 0.319 e. The van der Waals surface area contributed by atoms with Gasteiger partial charge in [-0.25, -0.2) is 4.79 Å². The molecule has 2 fully saturated rings. The Morgan fingerprint density at radius 3 is 2.61 bits per heavy atom. The maximum absolute atomic E-state index is 12.2. The molecule has 7 nitrogen and oxygen atoms in total. The van der Waals surface area contributed by atoms with Gasteiger partial charge in [0, 0.05) is 40.2 Å². The lowest BCUT2D eigenvalue weighted by Gasteiger charge is -2.33. The fourth-order valence-electron chi connectivity index (χ4n) is 3.65. The van der Waals surface area contributed by atoms with E-state index in [2.05, 4.69) is 26.7 Å². The Morgan fingerprint density at radius 2 is 1.91 bits per heavy atom. The van der Waals surface area contributed by atoms with Crippen LogP contribution in [0.4, 0.5) is 4.79 Å². The average molecular weight is 320 g/mol. The topological polar surface area (TPSA) is 57.5 Å². The monoisotopic (exact) mass is 320 g/mol. The highest BCUT2D eigenvalue weighted by Crippen LogP contribution is 2.26. The Kier molecular flexibility index (Phi) is 4.84. The molecular formula is C16H28N6O. The molecular weight excluding hydrogens is 292 g/mol. The fraction of sp³-hybridized carbons (Fsp3) is 0.812. The fourth-order valence-corrected chi connectivity index (χ4v) is 3.65. The minimum Gasteiger partial charge on any atom is -0.331 e. The van der Waals surface area contributed by atoms with Crippen LogP contribution in [0.15, 0.2) is 0 Å². The normalized spacial score (nSPS) is 22.6. The lowest BCUT2D eigenvalue weighted by Crippen LogP contribution is -2.44. The highest BCUT2D eigenvalue weighted by Gasteiger charge is 2.29. The van der Waals surface area contributed by atoms with E-state index < -0.39 is 0 Å². The summed E-state index contributed by atoms with van der Waals surface area (Å²) < 4.78 is 2.15. The maximum atomic E-state index is 12.2. The number of urea groups is 1. The summed E-state index contributed by atoms with van der Waals surface area (Å²) in [6, 6.07) is 0.0918. The molecule has 7 heteroatoms. The van der Waals surface area contributed by atoms with Gasteiger partial charge in [0.15, 0.2) is 0 Å². The molecule has 128 valence electrons. The van der Waals surface area contributed by atoms with E-state index in [0.29, 0.717) is 0 Å². The van der Waals surface area contributed by atoms with Crippen LogP contribution in [0.1, 0.15) is 43.3 Å². The Balaban J connectivity index is 1.68. The van der Waals surface area contributed by atoms with Gasteiger partial charge in [0.25, 0.3) is 0 Å². The minimum absolute atomic E-state index is 0.0918. The van der Waals surface area contributed by atoms with Gasteiger partial charge in [-0.1, -0.05) is 0 Å². The highest BCUT2D eigenvalue weighted by molar-refractivity contribution is 5.74. The summed E-state index contributed by atoms with van der Waals surface area (Å²) in [6.45, 7) is 4.79. The number of piperidine rings is 1. The molecule has 0 bridgehead atoms. The van der Waals surface area contributed by atoms with E-state index in [1.165, 1.54) is 12.8 Å². The van der Waals surface area contributed by atoms with Gasteiger partial charge in [0.1, 0.15) is 11.6 Å². The molecule has 1 atom stereocenters. The molecule has 3 rings (SSSR count). The minimum atomic E-state index is 0.0918. The van der Waals surface area contributed by atoms with Gasteiger partial charge in [-0.2, -0.15) is 0 Å². The number of aromatic nitrogens is 3. The predicted octanol–water partition coefficient (Wildman–Crippen LogP) is 1.27. The van der Waals surface area contributed by atoms with E-state index in [9.17, 15) is 4.79 Å². The number of hydrogen-bond acceptors (Lipinski definition) is 4. The van der Waals surface area contributed by atoms with Crippen molar-refractivity contribution in [1.29, 1.82) is 0 Å². The van der Waals surface area contributed by atoms with Crippen LogP contribution in [0.5, 0.6) is 0 Å². The smallest absolute Gasteiger partial charge is 0.319 e. The molecule has 0 saturated carbocycles. The van der Waals surface area contributed by atoms with Crippen molar-refractivity contribution in [3.8, 4) is 0 Å². The first-order valence-electron chi connectivity index (χ1n) is 8.63. The summed E-state index contributed by atoms with van der Waals surface area (Å²) in [5.41, 5.74) is 0. The second-order valence-corrected chi connectivity index (χ2v) is 6.98. The molecule has 0 N–H and O–H groups in total. The summed E-state index contributed by atoms with van der Waals surface area (Å²) in [5.74, 6) is 2.35. The number of hydrogen-bond donors (Lipinski definition) is 0. The first-order valence-corrected chi connectivity index (χ1v) is 8.63.